The second kappa shape index (κ2) is 6.26. The summed E-state index contributed by atoms with van der Waals surface area (Å²) in [6, 6.07) is 5.18. The molecule has 0 atom stereocenters. The fourth-order valence-electron chi connectivity index (χ4n) is 1.39. The zero-order valence-electron chi connectivity index (χ0n) is 9.62. The van der Waals surface area contributed by atoms with Crippen molar-refractivity contribution in [2.24, 2.45) is 0 Å². The lowest BCUT2D eigenvalue weighted by Crippen LogP contribution is -2.08. The topological polar surface area (TPSA) is 59.3 Å². The lowest BCUT2D eigenvalue weighted by Gasteiger charge is -2.10. The van der Waals surface area contributed by atoms with E-state index in [0.29, 0.717) is 34.4 Å². The number of alkyl halides is 1. The highest BCUT2D eigenvalue weighted by Gasteiger charge is 2.16. The molecular weight excluding hydrogens is 286 g/mol. The van der Waals surface area contributed by atoms with Crippen molar-refractivity contribution in [2.45, 2.75) is 12.3 Å². The second-order valence-corrected chi connectivity index (χ2v) is 3.74. The summed E-state index contributed by atoms with van der Waals surface area (Å²) in [5, 5.41) is 9.41. The largest absolute Gasteiger partial charge is 0.495 e. The van der Waals surface area contributed by atoms with Crippen molar-refractivity contribution in [1.82, 2.24) is 0 Å². The minimum Gasteiger partial charge on any atom is -0.495 e. The Labute approximate surface area is 108 Å². The summed E-state index contributed by atoms with van der Waals surface area (Å²) in [6.07, 6.45) is 0. The molecule has 17 heavy (non-hydrogen) atoms. The van der Waals surface area contributed by atoms with Crippen molar-refractivity contribution in [1.29, 1.82) is 5.26 Å². The van der Waals surface area contributed by atoms with E-state index in [0.717, 1.165) is 0 Å². The predicted octanol–water partition coefficient (Wildman–Crippen LogP) is 2.64. The molecule has 0 unspecified atom stereocenters. The number of esters is 1. The fraction of sp³-hybridized carbons (Fsp3) is 0.333. The van der Waals surface area contributed by atoms with E-state index >= 15 is 0 Å². The molecule has 1 rings (SSSR count). The SMILES string of the molecule is CCOC(=O)c1cc(OC)c(C#N)cc1CBr. The monoisotopic (exact) mass is 297 g/mol. The molecule has 0 saturated heterocycles. The first-order valence-electron chi connectivity index (χ1n) is 5.02. The third kappa shape index (κ3) is 2.98. The number of hydrogen-bond acceptors (Lipinski definition) is 4. The van der Waals surface area contributed by atoms with E-state index in [-0.39, 0.29) is 0 Å². The van der Waals surface area contributed by atoms with E-state index in [4.69, 9.17) is 14.7 Å². The van der Waals surface area contributed by atoms with Gasteiger partial charge in [0.05, 0.1) is 24.8 Å². The van der Waals surface area contributed by atoms with Gasteiger partial charge in [-0.15, -0.1) is 0 Å². The number of carbonyl (C=O) groups is 1. The Hall–Kier alpha value is -1.54. The first-order valence-corrected chi connectivity index (χ1v) is 6.14. The van der Waals surface area contributed by atoms with Crippen LogP contribution in [-0.2, 0) is 10.1 Å². The molecule has 0 bridgehead atoms. The summed E-state index contributed by atoms with van der Waals surface area (Å²) >= 11 is 3.28. The molecule has 0 amide bonds. The summed E-state index contributed by atoms with van der Waals surface area (Å²) in [7, 11) is 1.46. The minimum atomic E-state index is -0.412. The van der Waals surface area contributed by atoms with E-state index in [1.165, 1.54) is 13.2 Å². The summed E-state index contributed by atoms with van der Waals surface area (Å²) in [4.78, 5) is 11.7. The van der Waals surface area contributed by atoms with E-state index in [1.807, 2.05) is 6.07 Å². The minimum absolute atomic E-state index is 0.308. The number of hydrogen-bond donors (Lipinski definition) is 0. The lowest BCUT2D eigenvalue weighted by atomic mass is 10.0. The highest BCUT2D eigenvalue weighted by molar-refractivity contribution is 9.08. The Kier molecular flexibility index (Phi) is 4.98. The van der Waals surface area contributed by atoms with E-state index < -0.39 is 5.97 Å². The smallest absolute Gasteiger partial charge is 0.338 e. The van der Waals surface area contributed by atoms with Crippen molar-refractivity contribution in [3.05, 3.63) is 28.8 Å². The molecular formula is C12H12BrNO3. The molecule has 0 aliphatic heterocycles. The first-order chi connectivity index (χ1) is 8.17. The van der Waals surface area contributed by atoms with Crippen molar-refractivity contribution in [2.75, 3.05) is 13.7 Å². The molecule has 4 nitrogen and oxygen atoms in total. The van der Waals surface area contributed by atoms with Crippen molar-refractivity contribution < 1.29 is 14.3 Å². The van der Waals surface area contributed by atoms with Gasteiger partial charge in [-0.1, -0.05) is 15.9 Å². The van der Waals surface area contributed by atoms with Gasteiger partial charge in [0.1, 0.15) is 11.8 Å². The molecule has 1 aromatic carbocycles. The molecule has 0 aliphatic carbocycles. The maximum atomic E-state index is 11.7. The highest BCUT2D eigenvalue weighted by atomic mass is 79.9. The third-order valence-corrected chi connectivity index (χ3v) is 2.79. The van der Waals surface area contributed by atoms with Gasteiger partial charge in [0.25, 0.3) is 0 Å². The Morgan fingerprint density at radius 2 is 2.24 bits per heavy atom. The number of ether oxygens (including phenoxy) is 2. The molecule has 0 heterocycles. The molecule has 0 saturated carbocycles. The molecule has 0 fully saturated rings. The molecule has 0 aromatic heterocycles. The van der Waals surface area contributed by atoms with Gasteiger partial charge < -0.3 is 9.47 Å². The van der Waals surface area contributed by atoms with Crippen molar-refractivity contribution >= 4 is 21.9 Å². The van der Waals surface area contributed by atoms with Gasteiger partial charge in [0.2, 0.25) is 0 Å². The fourth-order valence-corrected chi connectivity index (χ4v) is 1.85. The number of nitriles is 1. The van der Waals surface area contributed by atoms with Gasteiger partial charge in [-0.2, -0.15) is 5.26 Å². The lowest BCUT2D eigenvalue weighted by molar-refractivity contribution is 0.0525. The van der Waals surface area contributed by atoms with Crippen molar-refractivity contribution in [3.8, 4) is 11.8 Å². The Morgan fingerprint density at radius 1 is 1.53 bits per heavy atom. The van der Waals surface area contributed by atoms with Crippen LogP contribution in [0.15, 0.2) is 12.1 Å². The van der Waals surface area contributed by atoms with Crippen LogP contribution in [0.25, 0.3) is 0 Å². The summed E-state index contributed by atoms with van der Waals surface area (Å²) in [6.45, 7) is 2.05. The zero-order chi connectivity index (χ0) is 12.8. The highest BCUT2D eigenvalue weighted by Crippen LogP contribution is 2.25. The van der Waals surface area contributed by atoms with Gasteiger partial charge in [0, 0.05) is 5.33 Å². The molecule has 5 heteroatoms. The molecule has 0 radical (unpaired) electrons. The van der Waals surface area contributed by atoms with Crippen LogP contribution in [0.1, 0.15) is 28.4 Å². The second-order valence-electron chi connectivity index (χ2n) is 3.18. The zero-order valence-corrected chi connectivity index (χ0v) is 11.2. The molecule has 0 N–H and O–H groups in total. The quantitative estimate of drug-likeness (QED) is 0.633. The van der Waals surface area contributed by atoms with Gasteiger partial charge >= 0.3 is 5.97 Å². The van der Waals surface area contributed by atoms with Gasteiger partial charge in [-0.3, -0.25) is 0 Å². The third-order valence-electron chi connectivity index (χ3n) is 2.19. The van der Waals surface area contributed by atoms with E-state index in [1.54, 1.807) is 13.0 Å². The van der Waals surface area contributed by atoms with Crippen LogP contribution >= 0.6 is 15.9 Å². The van der Waals surface area contributed by atoms with Crippen LogP contribution in [0.2, 0.25) is 0 Å². The molecule has 0 aliphatic rings. The average molecular weight is 298 g/mol. The van der Waals surface area contributed by atoms with Crippen LogP contribution < -0.4 is 4.74 Å². The Morgan fingerprint density at radius 3 is 2.71 bits per heavy atom. The number of rotatable bonds is 4. The Bertz CT molecular complexity index is 466. The number of benzene rings is 1. The van der Waals surface area contributed by atoms with Gasteiger partial charge in [-0.05, 0) is 24.6 Å². The maximum absolute atomic E-state index is 11.7. The average Bonchev–Trinajstić information content (AvgIpc) is 2.37. The van der Waals surface area contributed by atoms with Crippen LogP contribution in [0.5, 0.6) is 5.75 Å². The predicted molar refractivity (Wildman–Crippen MR) is 66.3 cm³/mol. The molecule has 0 spiro atoms. The molecule has 1 aromatic rings. The molecule has 90 valence electrons. The number of methoxy groups -OCH3 is 1. The number of nitrogens with zero attached hydrogens (tertiary/aromatic N) is 1. The van der Waals surface area contributed by atoms with Crippen LogP contribution in [0.3, 0.4) is 0 Å². The van der Waals surface area contributed by atoms with Crippen molar-refractivity contribution in [3.63, 3.8) is 0 Å². The standard InChI is InChI=1S/C12H12BrNO3/c1-3-17-12(15)10-5-11(16-2)9(7-14)4-8(10)6-13/h4-5H,3,6H2,1-2H3. The van der Waals surface area contributed by atoms with Gasteiger partial charge in [-0.25, -0.2) is 4.79 Å². The summed E-state index contributed by atoms with van der Waals surface area (Å²) in [5.41, 5.74) is 1.52. The number of carbonyl (C=O) groups excluding carboxylic acids is 1. The number of halogens is 1. The van der Waals surface area contributed by atoms with Crippen LogP contribution in [0, 0.1) is 11.3 Å². The van der Waals surface area contributed by atoms with Crippen LogP contribution in [0.4, 0.5) is 0 Å². The van der Waals surface area contributed by atoms with E-state index in [2.05, 4.69) is 15.9 Å². The summed E-state index contributed by atoms with van der Waals surface area (Å²) in [5.74, 6) is -0.0370. The normalized spacial score (nSPS) is 9.53. The maximum Gasteiger partial charge on any atom is 0.338 e. The van der Waals surface area contributed by atoms with E-state index in [9.17, 15) is 4.79 Å². The van der Waals surface area contributed by atoms with Gasteiger partial charge in [0.15, 0.2) is 0 Å². The summed E-state index contributed by atoms with van der Waals surface area (Å²) < 4.78 is 10.0. The Balaban J connectivity index is 3.29. The van der Waals surface area contributed by atoms with Crippen LogP contribution in [-0.4, -0.2) is 19.7 Å². The first kappa shape index (κ1) is 13.5.